The van der Waals surface area contributed by atoms with Gasteiger partial charge in [-0.3, -0.25) is 9.59 Å². The molecule has 2 aromatic rings. The number of nitrogens with zero attached hydrogens (tertiary/aromatic N) is 1. The molecule has 29 heavy (non-hydrogen) atoms. The van der Waals surface area contributed by atoms with Crippen molar-refractivity contribution in [3.05, 3.63) is 59.1 Å². The van der Waals surface area contributed by atoms with Crippen molar-refractivity contribution >= 4 is 33.4 Å². The Bertz CT molecular complexity index is 962. The fraction of sp³-hybridized carbons (Fsp3) is 0.263. The summed E-state index contributed by atoms with van der Waals surface area (Å²) in [6.07, 6.45) is 0. The van der Waals surface area contributed by atoms with Crippen LogP contribution in [0.25, 0.3) is 0 Å². The zero-order valence-corrected chi connectivity index (χ0v) is 17.6. The van der Waals surface area contributed by atoms with Crippen LogP contribution in [0, 0.1) is 0 Å². The average molecular weight is 440 g/mol. The van der Waals surface area contributed by atoms with Gasteiger partial charge < -0.3 is 15.4 Å². The quantitative estimate of drug-likeness (QED) is 0.576. The molecule has 156 valence electrons. The van der Waals surface area contributed by atoms with Crippen molar-refractivity contribution in [1.82, 2.24) is 14.9 Å². The molecule has 0 aliphatic rings. The van der Waals surface area contributed by atoms with Gasteiger partial charge in [0.2, 0.25) is 15.9 Å². The van der Waals surface area contributed by atoms with Crippen molar-refractivity contribution in [2.75, 3.05) is 33.8 Å². The van der Waals surface area contributed by atoms with Gasteiger partial charge >= 0.3 is 0 Å². The third-order valence-corrected chi connectivity index (χ3v) is 5.85. The van der Waals surface area contributed by atoms with Crippen molar-refractivity contribution in [3.8, 4) is 5.75 Å². The Hall–Kier alpha value is -2.62. The number of amides is 2. The first-order valence-electron chi connectivity index (χ1n) is 8.66. The smallest absolute Gasteiger partial charge is 0.251 e. The van der Waals surface area contributed by atoms with E-state index in [9.17, 15) is 18.0 Å². The van der Waals surface area contributed by atoms with E-state index in [2.05, 4.69) is 10.6 Å². The van der Waals surface area contributed by atoms with Crippen molar-refractivity contribution < 1.29 is 22.7 Å². The maximum absolute atomic E-state index is 12.2. The molecule has 0 spiro atoms. The lowest BCUT2D eigenvalue weighted by Crippen LogP contribution is -2.38. The summed E-state index contributed by atoms with van der Waals surface area (Å²) in [6, 6.07) is 12.4. The van der Waals surface area contributed by atoms with Crippen LogP contribution in [-0.2, 0) is 14.8 Å². The predicted octanol–water partition coefficient (Wildman–Crippen LogP) is 1.52. The Kier molecular flexibility index (Phi) is 8.00. The van der Waals surface area contributed by atoms with Crippen LogP contribution in [0.15, 0.2) is 53.4 Å². The molecule has 2 aromatic carbocycles. The minimum absolute atomic E-state index is 0.000972. The lowest BCUT2D eigenvalue weighted by atomic mass is 10.2. The number of ether oxygens (including phenoxy) is 1. The Morgan fingerprint density at radius 3 is 2.41 bits per heavy atom. The molecule has 0 atom stereocenters. The molecule has 0 radical (unpaired) electrons. The highest BCUT2D eigenvalue weighted by molar-refractivity contribution is 7.89. The fourth-order valence-corrected chi connectivity index (χ4v) is 3.30. The predicted molar refractivity (Wildman–Crippen MR) is 110 cm³/mol. The van der Waals surface area contributed by atoms with E-state index in [0.29, 0.717) is 10.8 Å². The third kappa shape index (κ3) is 6.74. The first-order chi connectivity index (χ1) is 13.7. The number of carbonyl (C=O) groups excluding carboxylic acids is 2. The van der Waals surface area contributed by atoms with Crippen LogP contribution in [0.2, 0.25) is 5.02 Å². The molecule has 2 amide bonds. The van der Waals surface area contributed by atoms with Crippen LogP contribution in [-0.4, -0.2) is 58.3 Å². The van der Waals surface area contributed by atoms with Crippen molar-refractivity contribution in [2.24, 2.45) is 0 Å². The van der Waals surface area contributed by atoms with E-state index >= 15 is 0 Å². The van der Waals surface area contributed by atoms with E-state index < -0.39 is 21.8 Å². The lowest BCUT2D eigenvalue weighted by molar-refractivity contribution is -0.120. The molecule has 0 aliphatic heterocycles. The number of rotatable bonds is 9. The summed E-state index contributed by atoms with van der Waals surface area (Å²) in [4.78, 5) is 24.1. The molecule has 0 fully saturated rings. The molecular weight excluding hydrogens is 418 g/mol. The Morgan fingerprint density at radius 2 is 1.76 bits per heavy atom. The van der Waals surface area contributed by atoms with Gasteiger partial charge in [-0.15, -0.1) is 0 Å². The molecule has 2 N–H and O–H groups in total. The Labute approximate surface area is 174 Å². The maximum Gasteiger partial charge on any atom is 0.251 e. The Morgan fingerprint density at radius 1 is 1.07 bits per heavy atom. The van der Waals surface area contributed by atoms with Gasteiger partial charge in [-0.25, -0.2) is 12.7 Å². The molecule has 0 saturated heterocycles. The van der Waals surface area contributed by atoms with Crippen LogP contribution in [0.1, 0.15) is 10.4 Å². The standard InChI is InChI=1S/C19H22ClN3O5S/c1-23(2)29(26,27)17-5-3-4-14(12-17)19(25)22-13-18(24)21-10-11-28-16-8-6-15(20)7-9-16/h3-9,12H,10-11,13H2,1-2H3,(H,21,24)(H,22,25). The molecule has 0 unspecified atom stereocenters. The molecule has 0 bridgehead atoms. The van der Waals surface area contributed by atoms with E-state index in [1.54, 1.807) is 24.3 Å². The summed E-state index contributed by atoms with van der Waals surface area (Å²) >= 11 is 5.78. The number of nitrogens with one attached hydrogen (secondary N) is 2. The normalized spacial score (nSPS) is 11.2. The van der Waals surface area contributed by atoms with Gasteiger partial charge in [0.05, 0.1) is 18.0 Å². The number of hydrogen-bond acceptors (Lipinski definition) is 5. The van der Waals surface area contributed by atoms with Gasteiger partial charge in [-0.05, 0) is 42.5 Å². The first-order valence-corrected chi connectivity index (χ1v) is 10.5. The van der Waals surface area contributed by atoms with Gasteiger partial charge in [-0.2, -0.15) is 0 Å². The van der Waals surface area contributed by atoms with Crippen LogP contribution < -0.4 is 15.4 Å². The molecule has 10 heteroatoms. The molecule has 0 heterocycles. The monoisotopic (exact) mass is 439 g/mol. The topological polar surface area (TPSA) is 105 Å². The molecule has 2 rings (SSSR count). The molecule has 0 aliphatic carbocycles. The van der Waals surface area contributed by atoms with Gasteiger partial charge in [0, 0.05) is 24.7 Å². The van der Waals surface area contributed by atoms with E-state index in [1.807, 2.05) is 0 Å². The second-order valence-corrected chi connectivity index (χ2v) is 8.74. The average Bonchev–Trinajstić information content (AvgIpc) is 2.70. The van der Waals surface area contributed by atoms with E-state index in [1.165, 1.54) is 38.4 Å². The number of sulfonamides is 1. The second-order valence-electron chi connectivity index (χ2n) is 6.15. The van der Waals surface area contributed by atoms with E-state index in [4.69, 9.17) is 16.3 Å². The first kappa shape index (κ1) is 22.7. The molecular formula is C19H22ClN3O5S. The highest BCUT2D eigenvalue weighted by Gasteiger charge is 2.18. The molecule has 0 saturated carbocycles. The summed E-state index contributed by atoms with van der Waals surface area (Å²) in [5.41, 5.74) is 0.145. The van der Waals surface area contributed by atoms with Crippen molar-refractivity contribution in [3.63, 3.8) is 0 Å². The number of hydrogen-bond donors (Lipinski definition) is 2. The molecule has 8 nitrogen and oxygen atoms in total. The third-order valence-electron chi connectivity index (χ3n) is 3.79. The van der Waals surface area contributed by atoms with E-state index in [-0.39, 0.29) is 30.2 Å². The number of benzene rings is 2. The minimum atomic E-state index is -3.65. The molecule has 0 aromatic heterocycles. The van der Waals surface area contributed by atoms with Crippen LogP contribution in [0.3, 0.4) is 0 Å². The van der Waals surface area contributed by atoms with Gasteiger partial charge in [-0.1, -0.05) is 17.7 Å². The number of halogens is 1. The SMILES string of the molecule is CN(C)S(=O)(=O)c1cccc(C(=O)NCC(=O)NCCOc2ccc(Cl)cc2)c1. The van der Waals surface area contributed by atoms with Gasteiger partial charge in [0.1, 0.15) is 12.4 Å². The summed E-state index contributed by atoms with van der Waals surface area (Å²) in [5, 5.41) is 5.67. The van der Waals surface area contributed by atoms with Gasteiger partial charge in [0.15, 0.2) is 0 Å². The van der Waals surface area contributed by atoms with Crippen LogP contribution in [0.4, 0.5) is 0 Å². The highest BCUT2D eigenvalue weighted by Crippen LogP contribution is 2.15. The van der Waals surface area contributed by atoms with Crippen LogP contribution >= 0.6 is 11.6 Å². The summed E-state index contributed by atoms with van der Waals surface area (Å²) in [6.45, 7) is 0.268. The zero-order valence-electron chi connectivity index (χ0n) is 16.0. The van der Waals surface area contributed by atoms with Crippen molar-refractivity contribution in [2.45, 2.75) is 4.90 Å². The summed E-state index contributed by atoms with van der Waals surface area (Å²) < 4.78 is 30.8. The zero-order chi connectivity index (χ0) is 21.4. The minimum Gasteiger partial charge on any atom is -0.492 e. The summed E-state index contributed by atoms with van der Waals surface area (Å²) in [5.74, 6) is -0.312. The number of carbonyl (C=O) groups is 2. The van der Waals surface area contributed by atoms with Crippen LogP contribution in [0.5, 0.6) is 5.75 Å². The lowest BCUT2D eigenvalue weighted by Gasteiger charge is -2.12. The van der Waals surface area contributed by atoms with Gasteiger partial charge in [0.25, 0.3) is 5.91 Å². The van der Waals surface area contributed by atoms with Crippen molar-refractivity contribution in [1.29, 1.82) is 0 Å². The second kappa shape index (κ2) is 10.2. The van der Waals surface area contributed by atoms with E-state index in [0.717, 1.165) is 4.31 Å². The maximum atomic E-state index is 12.2. The largest absolute Gasteiger partial charge is 0.492 e. The summed E-state index contributed by atoms with van der Waals surface area (Å²) in [7, 11) is -0.840. The Balaban J connectivity index is 1.78. The fourth-order valence-electron chi connectivity index (χ4n) is 2.22. The highest BCUT2D eigenvalue weighted by atomic mass is 35.5.